The van der Waals surface area contributed by atoms with Gasteiger partial charge in [-0.3, -0.25) is 0 Å². The van der Waals surface area contributed by atoms with E-state index >= 15 is 0 Å². The highest BCUT2D eigenvalue weighted by atomic mass is 16.5. The molecule has 0 unspecified atom stereocenters. The molecule has 0 atom stereocenters. The number of fused-ring (bicyclic) bond motifs is 1. The van der Waals surface area contributed by atoms with Crippen molar-refractivity contribution in [1.29, 1.82) is 0 Å². The van der Waals surface area contributed by atoms with Crippen LogP contribution in [0, 0.1) is 0 Å². The van der Waals surface area contributed by atoms with Crippen molar-refractivity contribution in [2.45, 2.75) is 13.2 Å². The fraction of sp³-hybridized carbons (Fsp3) is 0.176. The molecule has 0 amide bonds. The molecule has 0 aliphatic rings. The Labute approximate surface area is 127 Å². The molecule has 112 valence electrons. The molecule has 0 saturated carbocycles. The van der Waals surface area contributed by atoms with Crippen LogP contribution in [0.3, 0.4) is 0 Å². The summed E-state index contributed by atoms with van der Waals surface area (Å²) in [5.74, 6) is -0.237. The predicted molar refractivity (Wildman–Crippen MR) is 82.9 cm³/mol. The van der Waals surface area contributed by atoms with Crippen molar-refractivity contribution in [3.05, 3.63) is 65.5 Å². The lowest BCUT2D eigenvalue weighted by atomic mass is 10.1. The molecular formula is C17H16N2O3. The van der Waals surface area contributed by atoms with E-state index in [9.17, 15) is 9.90 Å². The van der Waals surface area contributed by atoms with Crippen molar-refractivity contribution in [2.75, 3.05) is 7.11 Å². The van der Waals surface area contributed by atoms with Crippen molar-refractivity contribution in [3.63, 3.8) is 0 Å². The van der Waals surface area contributed by atoms with Crippen LogP contribution >= 0.6 is 0 Å². The number of carbonyl (C=O) groups is 1. The average molecular weight is 296 g/mol. The van der Waals surface area contributed by atoms with E-state index in [4.69, 9.17) is 4.74 Å². The normalized spacial score (nSPS) is 11.0. The number of hydrogen-bond acceptors (Lipinski definition) is 3. The van der Waals surface area contributed by atoms with E-state index in [0.29, 0.717) is 24.2 Å². The van der Waals surface area contributed by atoms with E-state index in [2.05, 4.69) is 4.98 Å². The molecular weight excluding hydrogens is 280 g/mol. The minimum absolute atomic E-state index is 0.253. The molecule has 0 aliphatic carbocycles. The van der Waals surface area contributed by atoms with Crippen molar-refractivity contribution >= 4 is 17.0 Å². The summed E-state index contributed by atoms with van der Waals surface area (Å²) in [6.45, 7) is 0.890. The van der Waals surface area contributed by atoms with Crippen LogP contribution in [0.2, 0.25) is 0 Å². The monoisotopic (exact) mass is 296 g/mol. The third-order valence-electron chi connectivity index (χ3n) is 3.53. The fourth-order valence-electron chi connectivity index (χ4n) is 2.58. The number of aromatic nitrogens is 2. The quantitative estimate of drug-likeness (QED) is 0.786. The molecule has 22 heavy (non-hydrogen) atoms. The van der Waals surface area contributed by atoms with Gasteiger partial charge < -0.3 is 14.4 Å². The van der Waals surface area contributed by atoms with Crippen LogP contribution in [0.5, 0.6) is 0 Å². The van der Waals surface area contributed by atoms with E-state index < -0.39 is 5.97 Å². The van der Waals surface area contributed by atoms with Crippen LogP contribution < -0.4 is 0 Å². The van der Waals surface area contributed by atoms with Crippen LogP contribution in [0.15, 0.2) is 48.5 Å². The van der Waals surface area contributed by atoms with Crippen molar-refractivity contribution in [2.24, 2.45) is 0 Å². The molecule has 0 fully saturated rings. The molecule has 0 saturated heterocycles. The first-order chi connectivity index (χ1) is 10.7. The van der Waals surface area contributed by atoms with Gasteiger partial charge in [0.2, 0.25) is 0 Å². The number of aromatic carboxylic acids is 1. The number of rotatable bonds is 5. The van der Waals surface area contributed by atoms with Gasteiger partial charge in [0.25, 0.3) is 0 Å². The van der Waals surface area contributed by atoms with Gasteiger partial charge in [-0.1, -0.05) is 36.4 Å². The molecule has 3 rings (SSSR count). The minimum atomic E-state index is -0.955. The van der Waals surface area contributed by atoms with E-state index in [0.717, 1.165) is 11.4 Å². The lowest BCUT2D eigenvalue weighted by molar-refractivity contribution is 0.0698. The lowest BCUT2D eigenvalue weighted by Crippen LogP contribution is -2.08. The summed E-state index contributed by atoms with van der Waals surface area (Å²) in [6.07, 6.45) is 0. The SMILES string of the molecule is COCc1nc2cccc(C(=O)O)c2n1Cc1ccccc1. The number of benzene rings is 2. The Morgan fingerprint density at radius 3 is 2.64 bits per heavy atom. The summed E-state index contributed by atoms with van der Waals surface area (Å²) < 4.78 is 7.12. The van der Waals surface area contributed by atoms with Crippen LogP contribution in [-0.4, -0.2) is 27.7 Å². The average Bonchev–Trinajstić information content (AvgIpc) is 2.86. The third-order valence-corrected chi connectivity index (χ3v) is 3.53. The van der Waals surface area contributed by atoms with Crippen LogP contribution in [0.1, 0.15) is 21.7 Å². The highest BCUT2D eigenvalue weighted by molar-refractivity contribution is 6.01. The Kier molecular flexibility index (Phi) is 3.89. The highest BCUT2D eigenvalue weighted by Gasteiger charge is 2.17. The van der Waals surface area contributed by atoms with Gasteiger partial charge in [0.05, 0.1) is 16.6 Å². The van der Waals surface area contributed by atoms with Crippen molar-refractivity contribution < 1.29 is 14.6 Å². The zero-order valence-corrected chi connectivity index (χ0v) is 12.2. The van der Waals surface area contributed by atoms with Crippen molar-refractivity contribution in [3.8, 4) is 0 Å². The number of para-hydroxylation sites is 1. The van der Waals surface area contributed by atoms with Gasteiger partial charge in [0, 0.05) is 13.7 Å². The van der Waals surface area contributed by atoms with Gasteiger partial charge in [0.15, 0.2) is 0 Å². The van der Waals surface area contributed by atoms with E-state index in [1.807, 2.05) is 41.0 Å². The second-order valence-electron chi connectivity index (χ2n) is 5.01. The summed E-state index contributed by atoms with van der Waals surface area (Å²) in [5, 5.41) is 9.44. The first-order valence-corrected chi connectivity index (χ1v) is 6.95. The summed E-state index contributed by atoms with van der Waals surface area (Å²) >= 11 is 0. The van der Waals surface area contributed by atoms with Gasteiger partial charge in [-0.05, 0) is 17.7 Å². The van der Waals surface area contributed by atoms with Crippen LogP contribution in [0.25, 0.3) is 11.0 Å². The Balaban J connectivity index is 2.20. The molecule has 0 bridgehead atoms. The number of hydrogen-bond donors (Lipinski definition) is 1. The van der Waals surface area contributed by atoms with Gasteiger partial charge in [-0.15, -0.1) is 0 Å². The molecule has 1 aromatic heterocycles. The third kappa shape index (κ3) is 2.58. The standard InChI is InChI=1S/C17H16N2O3/c1-22-11-15-18-14-9-5-8-13(17(20)21)16(14)19(15)10-12-6-3-2-4-7-12/h2-9H,10-11H2,1H3,(H,20,21). The number of nitrogens with zero attached hydrogens (tertiary/aromatic N) is 2. The molecule has 3 aromatic rings. The smallest absolute Gasteiger partial charge is 0.337 e. The summed E-state index contributed by atoms with van der Waals surface area (Å²) in [6, 6.07) is 15.0. The molecule has 0 radical (unpaired) electrons. The predicted octanol–water partition coefficient (Wildman–Crippen LogP) is 2.93. The zero-order chi connectivity index (χ0) is 15.5. The Bertz CT molecular complexity index is 809. The maximum atomic E-state index is 11.5. The Hall–Kier alpha value is -2.66. The van der Waals surface area contributed by atoms with Crippen LogP contribution in [0.4, 0.5) is 0 Å². The molecule has 5 nitrogen and oxygen atoms in total. The summed E-state index contributed by atoms with van der Waals surface area (Å²) in [5.41, 5.74) is 2.64. The zero-order valence-electron chi connectivity index (χ0n) is 12.2. The molecule has 2 aromatic carbocycles. The van der Waals surface area contributed by atoms with Gasteiger partial charge in [-0.25, -0.2) is 9.78 Å². The number of methoxy groups -OCH3 is 1. The van der Waals surface area contributed by atoms with Gasteiger partial charge >= 0.3 is 5.97 Å². The van der Waals surface area contributed by atoms with E-state index in [1.165, 1.54) is 0 Å². The maximum absolute atomic E-state index is 11.5. The number of carboxylic acids is 1. The fourth-order valence-corrected chi connectivity index (χ4v) is 2.58. The van der Waals surface area contributed by atoms with Gasteiger partial charge in [0.1, 0.15) is 12.4 Å². The molecule has 0 aliphatic heterocycles. The second-order valence-corrected chi connectivity index (χ2v) is 5.01. The number of carboxylic acid groups (broad SMARTS) is 1. The number of ether oxygens (including phenoxy) is 1. The lowest BCUT2D eigenvalue weighted by Gasteiger charge is -2.10. The van der Waals surface area contributed by atoms with Gasteiger partial charge in [-0.2, -0.15) is 0 Å². The van der Waals surface area contributed by atoms with E-state index in [1.54, 1.807) is 19.2 Å². The largest absolute Gasteiger partial charge is 0.478 e. The first-order valence-electron chi connectivity index (χ1n) is 6.95. The van der Waals surface area contributed by atoms with Crippen LogP contribution in [-0.2, 0) is 17.9 Å². The maximum Gasteiger partial charge on any atom is 0.337 e. The molecule has 5 heteroatoms. The number of imidazole rings is 1. The topological polar surface area (TPSA) is 64.3 Å². The Morgan fingerprint density at radius 2 is 1.95 bits per heavy atom. The van der Waals surface area contributed by atoms with Crippen molar-refractivity contribution in [1.82, 2.24) is 9.55 Å². The summed E-state index contributed by atoms with van der Waals surface area (Å²) in [4.78, 5) is 16.0. The Morgan fingerprint density at radius 1 is 1.18 bits per heavy atom. The summed E-state index contributed by atoms with van der Waals surface area (Å²) in [7, 11) is 1.60. The van der Waals surface area contributed by atoms with E-state index in [-0.39, 0.29) is 5.56 Å². The minimum Gasteiger partial charge on any atom is -0.478 e. The molecule has 0 spiro atoms. The first kappa shape index (κ1) is 14.3. The second kappa shape index (κ2) is 5.99. The molecule has 1 heterocycles. The molecule has 1 N–H and O–H groups in total. The highest BCUT2D eigenvalue weighted by Crippen LogP contribution is 2.22.